The zero-order valence-corrected chi connectivity index (χ0v) is 7.90. The number of rotatable bonds is 4. The van der Waals surface area contributed by atoms with Crippen molar-refractivity contribution in [3.8, 4) is 6.07 Å². The summed E-state index contributed by atoms with van der Waals surface area (Å²) in [7, 11) is 0. The van der Waals surface area contributed by atoms with Crippen molar-refractivity contribution in [3.05, 3.63) is 4.91 Å². The highest BCUT2D eigenvalue weighted by molar-refractivity contribution is 5.66. The Bertz CT molecular complexity index is 242. The van der Waals surface area contributed by atoms with Crippen LogP contribution in [0.1, 0.15) is 27.2 Å². The highest BCUT2D eigenvalue weighted by atomic mass is 16.5. The summed E-state index contributed by atoms with van der Waals surface area (Å²) in [4.78, 5) is 20.8. The molecule has 0 bridgehead atoms. The van der Waals surface area contributed by atoms with Crippen LogP contribution in [-0.4, -0.2) is 17.6 Å². The molecule has 0 aliphatic heterocycles. The third-order valence-corrected chi connectivity index (χ3v) is 1.38. The van der Waals surface area contributed by atoms with E-state index in [1.54, 1.807) is 19.9 Å². The Labute approximate surface area is 76.7 Å². The fourth-order valence-electron chi connectivity index (χ4n) is 0.805. The Morgan fingerprint density at radius 1 is 1.69 bits per heavy atom. The maximum absolute atomic E-state index is 10.5. The van der Waals surface area contributed by atoms with Crippen molar-refractivity contribution < 1.29 is 9.53 Å². The predicted molar refractivity (Wildman–Crippen MR) is 45.7 cm³/mol. The largest absolute Gasteiger partial charge is 0.447 e. The van der Waals surface area contributed by atoms with Crippen LogP contribution in [0.25, 0.3) is 0 Å². The van der Waals surface area contributed by atoms with Gasteiger partial charge in [0.2, 0.25) is 0 Å². The summed E-state index contributed by atoms with van der Waals surface area (Å²) >= 11 is 0. The molecule has 0 aliphatic carbocycles. The Morgan fingerprint density at radius 2 is 2.23 bits per heavy atom. The molecule has 5 heteroatoms. The van der Waals surface area contributed by atoms with E-state index in [1.165, 1.54) is 6.92 Å². The van der Waals surface area contributed by atoms with Gasteiger partial charge < -0.3 is 4.74 Å². The Morgan fingerprint density at radius 3 is 2.54 bits per heavy atom. The van der Waals surface area contributed by atoms with Crippen molar-refractivity contribution in [2.45, 2.75) is 38.8 Å². The number of carbonyl (C=O) groups is 1. The van der Waals surface area contributed by atoms with E-state index < -0.39 is 17.6 Å². The van der Waals surface area contributed by atoms with Gasteiger partial charge in [0.15, 0.2) is 6.10 Å². The maximum atomic E-state index is 10.5. The van der Waals surface area contributed by atoms with Crippen LogP contribution in [0.2, 0.25) is 0 Å². The van der Waals surface area contributed by atoms with E-state index in [0.29, 0.717) is 0 Å². The number of nitrogens with zero attached hydrogens (tertiary/aromatic N) is 2. The van der Waals surface area contributed by atoms with E-state index >= 15 is 0 Å². The van der Waals surface area contributed by atoms with Crippen LogP contribution in [0.5, 0.6) is 0 Å². The highest BCUT2D eigenvalue weighted by Gasteiger charge is 2.25. The summed E-state index contributed by atoms with van der Waals surface area (Å²) in [5, 5.41) is 11.4. The topological polar surface area (TPSA) is 79.5 Å². The molecule has 0 aliphatic rings. The first-order valence-corrected chi connectivity index (χ1v) is 3.82. The van der Waals surface area contributed by atoms with Crippen molar-refractivity contribution in [1.29, 1.82) is 5.26 Å². The second-order valence-corrected chi connectivity index (χ2v) is 3.34. The zero-order valence-electron chi connectivity index (χ0n) is 7.90. The molecule has 1 atom stereocenters. The standard InChI is InChI=1S/C8H12N2O3/c1-6(11)13-7(5-9)4-8(2,3)10-12/h7H,4H2,1-3H3. The average Bonchev–Trinajstić information content (AvgIpc) is 2.02. The van der Waals surface area contributed by atoms with Crippen LogP contribution >= 0.6 is 0 Å². The number of hydrogen-bond acceptors (Lipinski definition) is 5. The molecule has 0 radical (unpaired) electrons. The van der Waals surface area contributed by atoms with Crippen LogP contribution in [0.3, 0.4) is 0 Å². The van der Waals surface area contributed by atoms with E-state index in [2.05, 4.69) is 9.91 Å². The molecule has 0 amide bonds. The van der Waals surface area contributed by atoms with Gasteiger partial charge in [0.25, 0.3) is 0 Å². The normalized spacial score (nSPS) is 12.8. The maximum Gasteiger partial charge on any atom is 0.303 e. The van der Waals surface area contributed by atoms with E-state index in [1.807, 2.05) is 0 Å². The minimum atomic E-state index is -0.898. The number of ether oxygens (including phenoxy) is 1. The smallest absolute Gasteiger partial charge is 0.303 e. The third kappa shape index (κ3) is 4.90. The molecule has 0 fully saturated rings. The zero-order chi connectivity index (χ0) is 10.5. The third-order valence-electron chi connectivity index (χ3n) is 1.38. The number of hydrogen-bond donors (Lipinski definition) is 0. The fraction of sp³-hybridized carbons (Fsp3) is 0.750. The molecule has 13 heavy (non-hydrogen) atoms. The molecule has 1 unspecified atom stereocenters. The van der Waals surface area contributed by atoms with Gasteiger partial charge in [-0.3, -0.25) is 4.79 Å². The molecule has 0 N–H and O–H groups in total. The van der Waals surface area contributed by atoms with Gasteiger partial charge in [0.05, 0.1) is 0 Å². The Balaban J connectivity index is 4.22. The van der Waals surface area contributed by atoms with Crippen molar-refractivity contribution in [1.82, 2.24) is 0 Å². The van der Waals surface area contributed by atoms with Crippen molar-refractivity contribution in [3.63, 3.8) is 0 Å². The van der Waals surface area contributed by atoms with E-state index in [0.717, 1.165) is 0 Å². The van der Waals surface area contributed by atoms with Crippen molar-refractivity contribution in [2.75, 3.05) is 0 Å². The van der Waals surface area contributed by atoms with Gasteiger partial charge in [-0.05, 0) is 13.8 Å². The first kappa shape index (κ1) is 11.6. The quantitative estimate of drug-likeness (QED) is 0.488. The van der Waals surface area contributed by atoms with E-state index in [4.69, 9.17) is 5.26 Å². The van der Waals surface area contributed by atoms with Gasteiger partial charge in [-0.1, -0.05) is 5.18 Å². The van der Waals surface area contributed by atoms with Crippen LogP contribution in [0.4, 0.5) is 0 Å². The fourth-order valence-corrected chi connectivity index (χ4v) is 0.805. The lowest BCUT2D eigenvalue weighted by Crippen LogP contribution is -2.26. The van der Waals surface area contributed by atoms with Crippen LogP contribution in [-0.2, 0) is 9.53 Å². The summed E-state index contributed by atoms with van der Waals surface area (Å²) in [6.45, 7) is 4.37. The van der Waals surface area contributed by atoms with Crippen molar-refractivity contribution >= 4 is 5.97 Å². The lowest BCUT2D eigenvalue weighted by atomic mass is 9.99. The number of nitriles is 1. The van der Waals surface area contributed by atoms with Gasteiger partial charge in [-0.25, -0.2) is 0 Å². The molecular weight excluding hydrogens is 172 g/mol. The Hall–Kier alpha value is -1.44. The number of carbonyl (C=O) groups excluding carboxylic acids is 1. The molecule has 0 spiro atoms. The average molecular weight is 184 g/mol. The molecular formula is C8H12N2O3. The van der Waals surface area contributed by atoms with E-state index in [9.17, 15) is 9.70 Å². The van der Waals surface area contributed by atoms with Gasteiger partial charge in [0, 0.05) is 13.3 Å². The van der Waals surface area contributed by atoms with Crippen LogP contribution in [0.15, 0.2) is 5.18 Å². The molecule has 0 aromatic carbocycles. The number of nitroso groups, excluding NO2 is 1. The van der Waals surface area contributed by atoms with Crippen molar-refractivity contribution in [2.24, 2.45) is 5.18 Å². The summed E-state index contributed by atoms with van der Waals surface area (Å²) in [5.41, 5.74) is -0.879. The monoisotopic (exact) mass is 184 g/mol. The first-order chi connectivity index (χ1) is 5.91. The molecule has 0 saturated carbocycles. The van der Waals surface area contributed by atoms with Gasteiger partial charge in [-0.2, -0.15) is 10.2 Å². The lowest BCUT2D eigenvalue weighted by Gasteiger charge is -2.18. The molecule has 72 valence electrons. The Kier molecular flexibility index (Phi) is 4.05. The summed E-state index contributed by atoms with van der Waals surface area (Å²) in [5.74, 6) is -0.534. The molecule has 0 aromatic rings. The minimum Gasteiger partial charge on any atom is -0.447 e. The molecule has 0 heterocycles. The molecule has 0 rings (SSSR count). The van der Waals surface area contributed by atoms with Gasteiger partial charge >= 0.3 is 5.97 Å². The van der Waals surface area contributed by atoms with Gasteiger partial charge in [0.1, 0.15) is 11.6 Å². The summed E-state index contributed by atoms with van der Waals surface area (Å²) in [6, 6.07) is 1.78. The second kappa shape index (κ2) is 4.55. The van der Waals surface area contributed by atoms with Crippen LogP contribution < -0.4 is 0 Å². The molecule has 0 aromatic heterocycles. The number of esters is 1. The summed E-state index contributed by atoms with van der Waals surface area (Å²) < 4.78 is 4.64. The SMILES string of the molecule is CC(=O)OC(C#N)CC(C)(C)N=O. The van der Waals surface area contributed by atoms with Gasteiger partial charge in [-0.15, -0.1) is 0 Å². The molecule has 0 saturated heterocycles. The summed E-state index contributed by atoms with van der Waals surface area (Å²) in [6.07, 6.45) is -0.780. The second-order valence-electron chi connectivity index (χ2n) is 3.34. The predicted octanol–water partition coefficient (Wildman–Crippen LogP) is 1.38. The first-order valence-electron chi connectivity index (χ1n) is 3.82. The minimum absolute atomic E-state index is 0.118. The highest BCUT2D eigenvalue weighted by Crippen LogP contribution is 2.17. The van der Waals surface area contributed by atoms with Crippen LogP contribution in [0, 0.1) is 16.2 Å². The van der Waals surface area contributed by atoms with E-state index in [-0.39, 0.29) is 6.42 Å². The molecule has 5 nitrogen and oxygen atoms in total. The lowest BCUT2D eigenvalue weighted by molar-refractivity contribution is -0.144.